The van der Waals surface area contributed by atoms with Crippen LogP contribution in [0, 0.1) is 0 Å². The predicted octanol–water partition coefficient (Wildman–Crippen LogP) is 1.52. The zero-order valence-corrected chi connectivity index (χ0v) is 11.5. The monoisotopic (exact) mass is 283 g/mol. The summed E-state index contributed by atoms with van der Waals surface area (Å²) in [6, 6.07) is 8.86. The maximum atomic E-state index is 11.8. The molecule has 2 N–H and O–H groups in total. The van der Waals surface area contributed by atoms with Gasteiger partial charge in [-0.1, -0.05) is 18.2 Å². The lowest BCUT2D eigenvalue weighted by Gasteiger charge is -2.32. The van der Waals surface area contributed by atoms with Crippen molar-refractivity contribution in [1.82, 2.24) is 0 Å². The zero-order chi connectivity index (χ0) is 14.1. The lowest BCUT2D eigenvalue weighted by molar-refractivity contribution is -0.141. The molecule has 0 spiro atoms. The van der Waals surface area contributed by atoms with Crippen LogP contribution >= 0.6 is 0 Å². The summed E-state index contributed by atoms with van der Waals surface area (Å²) in [4.78, 5) is 11.7. The molecule has 104 valence electrons. The molecule has 6 heteroatoms. The van der Waals surface area contributed by atoms with Crippen molar-refractivity contribution in [2.75, 3.05) is 11.6 Å². The van der Waals surface area contributed by atoms with Gasteiger partial charge in [0.1, 0.15) is 0 Å². The first-order chi connectivity index (χ1) is 8.86. The molecule has 1 fully saturated rings. The minimum atomic E-state index is -3.42. The molecule has 1 aliphatic carbocycles. The van der Waals surface area contributed by atoms with Gasteiger partial charge in [-0.2, -0.15) is 0 Å². The third kappa shape index (κ3) is 2.58. The minimum absolute atomic E-state index is 0.314. The molecule has 0 heterocycles. The Morgan fingerprint density at radius 2 is 2.00 bits per heavy atom. The molecule has 19 heavy (non-hydrogen) atoms. The van der Waals surface area contributed by atoms with Crippen LogP contribution in [-0.2, 0) is 14.6 Å². The van der Waals surface area contributed by atoms with Crippen molar-refractivity contribution in [1.29, 1.82) is 0 Å². The number of aliphatic carboxylic acids is 1. The largest absolute Gasteiger partial charge is 0.479 e. The van der Waals surface area contributed by atoms with Crippen LogP contribution in [0.15, 0.2) is 30.3 Å². The molecule has 0 radical (unpaired) electrons. The molecule has 0 bridgehead atoms. The third-order valence-corrected chi connectivity index (χ3v) is 5.30. The highest BCUT2D eigenvalue weighted by Crippen LogP contribution is 2.37. The Morgan fingerprint density at radius 1 is 1.37 bits per heavy atom. The Kier molecular flexibility index (Phi) is 3.54. The standard InChI is InChI=1S/C13H17NO4S/c1-19(17,18)11-8-5-9-13(11,12(15)16)14-10-6-3-2-4-7-10/h2-4,6-7,11,14H,5,8-9H2,1H3,(H,15,16). The fraction of sp³-hybridized carbons (Fsp3) is 0.462. The first kappa shape index (κ1) is 13.9. The first-order valence-corrected chi connectivity index (χ1v) is 8.07. The molecule has 0 saturated heterocycles. The Balaban J connectivity index is 2.41. The number of carboxylic acid groups (broad SMARTS) is 1. The summed E-state index contributed by atoms with van der Waals surface area (Å²) in [6.45, 7) is 0. The van der Waals surface area contributed by atoms with Crippen LogP contribution in [0.4, 0.5) is 5.69 Å². The fourth-order valence-electron chi connectivity index (χ4n) is 2.77. The topological polar surface area (TPSA) is 83.5 Å². The van der Waals surface area contributed by atoms with Gasteiger partial charge in [-0.05, 0) is 31.4 Å². The lowest BCUT2D eigenvalue weighted by atomic mass is 9.96. The summed E-state index contributed by atoms with van der Waals surface area (Å²) in [6.07, 6.45) is 2.39. The van der Waals surface area contributed by atoms with E-state index in [1.54, 1.807) is 24.3 Å². The van der Waals surface area contributed by atoms with E-state index in [0.29, 0.717) is 24.9 Å². The summed E-state index contributed by atoms with van der Waals surface area (Å²) < 4.78 is 23.7. The summed E-state index contributed by atoms with van der Waals surface area (Å²) in [7, 11) is -3.42. The molecule has 1 aromatic rings. The zero-order valence-electron chi connectivity index (χ0n) is 10.7. The number of hydrogen-bond acceptors (Lipinski definition) is 4. The van der Waals surface area contributed by atoms with Crippen molar-refractivity contribution in [3.63, 3.8) is 0 Å². The summed E-state index contributed by atoms with van der Waals surface area (Å²) >= 11 is 0. The molecule has 0 aromatic heterocycles. The summed E-state index contributed by atoms with van der Waals surface area (Å²) in [5.41, 5.74) is -0.796. The van der Waals surface area contributed by atoms with Gasteiger partial charge in [-0.15, -0.1) is 0 Å². The van der Waals surface area contributed by atoms with E-state index in [-0.39, 0.29) is 0 Å². The number of rotatable bonds is 4. The molecular formula is C13H17NO4S. The van der Waals surface area contributed by atoms with Gasteiger partial charge in [0.2, 0.25) is 0 Å². The van der Waals surface area contributed by atoms with Gasteiger partial charge in [-0.3, -0.25) is 0 Å². The van der Waals surface area contributed by atoms with E-state index >= 15 is 0 Å². The van der Waals surface area contributed by atoms with E-state index in [1.807, 2.05) is 6.07 Å². The van der Waals surface area contributed by atoms with Crippen LogP contribution in [-0.4, -0.2) is 36.5 Å². The van der Waals surface area contributed by atoms with Gasteiger partial charge < -0.3 is 10.4 Å². The number of carbonyl (C=O) groups is 1. The highest BCUT2D eigenvalue weighted by atomic mass is 32.2. The molecular weight excluding hydrogens is 266 g/mol. The Bertz CT molecular complexity index is 570. The lowest BCUT2D eigenvalue weighted by Crippen LogP contribution is -2.55. The Hall–Kier alpha value is -1.56. The highest BCUT2D eigenvalue weighted by Gasteiger charge is 2.54. The van der Waals surface area contributed by atoms with Gasteiger partial charge in [0.15, 0.2) is 15.4 Å². The van der Waals surface area contributed by atoms with E-state index in [9.17, 15) is 18.3 Å². The smallest absolute Gasteiger partial charge is 0.330 e. The van der Waals surface area contributed by atoms with Gasteiger partial charge in [0.25, 0.3) is 0 Å². The first-order valence-electron chi connectivity index (χ1n) is 6.12. The molecule has 2 rings (SSSR count). The average Bonchev–Trinajstić information content (AvgIpc) is 2.75. The Morgan fingerprint density at radius 3 is 2.53 bits per heavy atom. The van der Waals surface area contributed by atoms with Crippen LogP contribution in [0.2, 0.25) is 0 Å². The quantitative estimate of drug-likeness (QED) is 0.875. The third-order valence-electron chi connectivity index (χ3n) is 3.63. The van der Waals surface area contributed by atoms with Crippen LogP contribution < -0.4 is 5.32 Å². The molecule has 1 saturated carbocycles. The van der Waals surface area contributed by atoms with Crippen molar-refractivity contribution < 1.29 is 18.3 Å². The van der Waals surface area contributed by atoms with Crippen molar-refractivity contribution in [2.45, 2.75) is 30.1 Å². The Labute approximate surface area is 112 Å². The fourth-order valence-corrected chi connectivity index (χ4v) is 4.38. The van der Waals surface area contributed by atoms with E-state index in [1.165, 1.54) is 0 Å². The van der Waals surface area contributed by atoms with E-state index in [0.717, 1.165) is 6.26 Å². The van der Waals surface area contributed by atoms with Crippen molar-refractivity contribution in [3.05, 3.63) is 30.3 Å². The maximum Gasteiger partial charge on any atom is 0.330 e. The number of anilines is 1. The minimum Gasteiger partial charge on any atom is -0.479 e. The number of hydrogen-bond donors (Lipinski definition) is 2. The van der Waals surface area contributed by atoms with Gasteiger partial charge in [0, 0.05) is 11.9 Å². The second-order valence-corrected chi connectivity index (χ2v) is 7.21. The molecule has 2 unspecified atom stereocenters. The predicted molar refractivity (Wildman–Crippen MR) is 72.9 cm³/mol. The number of benzene rings is 1. The normalized spacial score (nSPS) is 27.1. The maximum absolute atomic E-state index is 11.8. The number of para-hydroxylation sites is 1. The van der Waals surface area contributed by atoms with Crippen molar-refractivity contribution in [2.24, 2.45) is 0 Å². The number of nitrogens with one attached hydrogen (secondary N) is 1. The van der Waals surface area contributed by atoms with Crippen molar-refractivity contribution in [3.8, 4) is 0 Å². The van der Waals surface area contributed by atoms with Gasteiger partial charge in [-0.25, -0.2) is 13.2 Å². The average molecular weight is 283 g/mol. The highest BCUT2D eigenvalue weighted by molar-refractivity contribution is 7.91. The molecule has 0 amide bonds. The molecule has 1 aliphatic rings. The van der Waals surface area contributed by atoms with Crippen LogP contribution in [0.25, 0.3) is 0 Å². The van der Waals surface area contributed by atoms with Gasteiger partial charge >= 0.3 is 5.97 Å². The SMILES string of the molecule is CS(=O)(=O)C1CCCC1(Nc1ccccc1)C(=O)O. The molecule has 2 atom stereocenters. The summed E-state index contributed by atoms with van der Waals surface area (Å²) in [5, 5.41) is 11.6. The molecule has 0 aliphatic heterocycles. The van der Waals surface area contributed by atoms with E-state index in [4.69, 9.17) is 0 Å². The molecule has 1 aromatic carbocycles. The van der Waals surface area contributed by atoms with E-state index in [2.05, 4.69) is 5.32 Å². The van der Waals surface area contributed by atoms with Crippen LogP contribution in [0.1, 0.15) is 19.3 Å². The number of sulfone groups is 1. The second-order valence-electron chi connectivity index (χ2n) is 4.98. The summed E-state index contributed by atoms with van der Waals surface area (Å²) in [5.74, 6) is -1.11. The van der Waals surface area contributed by atoms with Gasteiger partial charge in [0.05, 0.1) is 5.25 Å². The van der Waals surface area contributed by atoms with Crippen LogP contribution in [0.5, 0.6) is 0 Å². The van der Waals surface area contributed by atoms with Crippen LogP contribution in [0.3, 0.4) is 0 Å². The number of carboxylic acids is 1. The van der Waals surface area contributed by atoms with Crippen molar-refractivity contribution >= 4 is 21.5 Å². The second kappa shape index (κ2) is 4.85. The van der Waals surface area contributed by atoms with E-state index < -0.39 is 26.6 Å². The molecule has 5 nitrogen and oxygen atoms in total.